The molecule has 0 aromatic carbocycles. The summed E-state index contributed by atoms with van der Waals surface area (Å²) in [7, 11) is 0. The van der Waals surface area contributed by atoms with Crippen molar-refractivity contribution < 1.29 is 0 Å². The summed E-state index contributed by atoms with van der Waals surface area (Å²) in [6, 6.07) is 0. The summed E-state index contributed by atoms with van der Waals surface area (Å²) < 4.78 is 1.86. The second-order valence-electron chi connectivity index (χ2n) is 2.40. The molecule has 0 bridgehead atoms. The largest absolute Gasteiger partial charge is 0.248 e. The molecule has 3 nitrogen and oxygen atoms in total. The minimum atomic E-state index is 0.543. The van der Waals surface area contributed by atoms with E-state index in [0.717, 1.165) is 25.1 Å². The molecule has 0 unspecified atom stereocenters. The Kier molecular flexibility index (Phi) is 2.88. The average molecular weight is 174 g/mol. The first-order valence-corrected chi connectivity index (χ1v) is 4.25. The second kappa shape index (κ2) is 3.72. The van der Waals surface area contributed by atoms with Crippen LogP contribution in [0.1, 0.15) is 26.0 Å². The molecule has 4 heteroatoms. The number of aryl methyl sites for hydroxylation is 1. The molecule has 0 atom stereocenters. The van der Waals surface area contributed by atoms with E-state index in [0.29, 0.717) is 5.15 Å². The lowest BCUT2D eigenvalue weighted by molar-refractivity contribution is 0.558. The Bertz CT molecular complexity index is 232. The van der Waals surface area contributed by atoms with Crippen molar-refractivity contribution in [1.29, 1.82) is 0 Å². The third-order valence-electron chi connectivity index (χ3n) is 1.56. The highest BCUT2D eigenvalue weighted by Crippen LogP contribution is 2.12. The van der Waals surface area contributed by atoms with Crippen LogP contribution in [0.25, 0.3) is 0 Å². The zero-order valence-electron chi connectivity index (χ0n) is 6.84. The number of rotatable bonds is 3. The van der Waals surface area contributed by atoms with Crippen molar-refractivity contribution in [3.8, 4) is 0 Å². The molecule has 0 spiro atoms. The number of halogens is 1. The highest BCUT2D eigenvalue weighted by Gasteiger charge is 2.06. The van der Waals surface area contributed by atoms with Crippen LogP contribution in [-0.4, -0.2) is 15.0 Å². The van der Waals surface area contributed by atoms with Gasteiger partial charge in [0.1, 0.15) is 0 Å². The SMILES string of the molecule is CCCn1nnc(Cl)c1CC. The van der Waals surface area contributed by atoms with E-state index in [1.165, 1.54) is 0 Å². The highest BCUT2D eigenvalue weighted by atomic mass is 35.5. The van der Waals surface area contributed by atoms with Gasteiger partial charge in [-0.05, 0) is 12.8 Å². The lowest BCUT2D eigenvalue weighted by atomic mass is 10.3. The minimum Gasteiger partial charge on any atom is -0.248 e. The molecule has 0 fully saturated rings. The van der Waals surface area contributed by atoms with Gasteiger partial charge in [-0.3, -0.25) is 0 Å². The second-order valence-corrected chi connectivity index (χ2v) is 2.76. The van der Waals surface area contributed by atoms with Gasteiger partial charge < -0.3 is 0 Å². The lowest BCUT2D eigenvalue weighted by Crippen LogP contribution is -2.03. The molecule has 62 valence electrons. The number of nitrogens with zero attached hydrogens (tertiary/aromatic N) is 3. The van der Waals surface area contributed by atoms with Crippen LogP contribution in [0.2, 0.25) is 5.15 Å². The highest BCUT2D eigenvalue weighted by molar-refractivity contribution is 6.29. The molecular formula is C7H12ClN3. The van der Waals surface area contributed by atoms with Crippen LogP contribution in [0.3, 0.4) is 0 Å². The maximum atomic E-state index is 5.79. The maximum Gasteiger partial charge on any atom is 0.174 e. The van der Waals surface area contributed by atoms with E-state index in [1.807, 2.05) is 4.68 Å². The molecule has 1 rings (SSSR count). The minimum absolute atomic E-state index is 0.543. The first-order chi connectivity index (χ1) is 5.29. The van der Waals surface area contributed by atoms with E-state index in [4.69, 9.17) is 11.6 Å². The van der Waals surface area contributed by atoms with Crippen LogP contribution in [0.15, 0.2) is 0 Å². The Hall–Kier alpha value is -0.570. The van der Waals surface area contributed by atoms with E-state index >= 15 is 0 Å². The van der Waals surface area contributed by atoms with Crippen molar-refractivity contribution in [2.24, 2.45) is 0 Å². The smallest absolute Gasteiger partial charge is 0.174 e. The van der Waals surface area contributed by atoms with Crippen LogP contribution >= 0.6 is 11.6 Å². The summed E-state index contributed by atoms with van der Waals surface area (Å²) in [5.74, 6) is 0. The fourth-order valence-corrected chi connectivity index (χ4v) is 1.30. The predicted molar refractivity (Wildman–Crippen MR) is 44.7 cm³/mol. The third kappa shape index (κ3) is 1.71. The van der Waals surface area contributed by atoms with Gasteiger partial charge in [0.2, 0.25) is 0 Å². The first kappa shape index (κ1) is 8.53. The van der Waals surface area contributed by atoms with Crippen LogP contribution < -0.4 is 0 Å². The quantitative estimate of drug-likeness (QED) is 0.699. The number of hydrogen-bond donors (Lipinski definition) is 0. The van der Waals surface area contributed by atoms with Crippen LogP contribution in [-0.2, 0) is 13.0 Å². The van der Waals surface area contributed by atoms with Gasteiger partial charge in [-0.15, -0.1) is 5.10 Å². The van der Waals surface area contributed by atoms with Gasteiger partial charge in [0.25, 0.3) is 0 Å². The average Bonchev–Trinajstić information content (AvgIpc) is 2.33. The zero-order valence-corrected chi connectivity index (χ0v) is 7.60. The summed E-state index contributed by atoms with van der Waals surface area (Å²) in [5, 5.41) is 8.24. The summed E-state index contributed by atoms with van der Waals surface area (Å²) >= 11 is 5.79. The van der Waals surface area contributed by atoms with Gasteiger partial charge in [0, 0.05) is 6.54 Å². The first-order valence-electron chi connectivity index (χ1n) is 3.87. The number of aromatic nitrogens is 3. The van der Waals surface area contributed by atoms with Crippen molar-refractivity contribution in [1.82, 2.24) is 15.0 Å². The topological polar surface area (TPSA) is 30.7 Å². The Labute approximate surface area is 71.4 Å². The molecule has 1 aromatic heterocycles. The molecule has 0 N–H and O–H groups in total. The molecule has 1 aromatic rings. The van der Waals surface area contributed by atoms with Crippen LogP contribution in [0.4, 0.5) is 0 Å². The molecule has 0 amide bonds. The molecule has 11 heavy (non-hydrogen) atoms. The normalized spacial score (nSPS) is 10.5. The Morgan fingerprint density at radius 2 is 2.18 bits per heavy atom. The molecule has 0 radical (unpaired) electrons. The van der Waals surface area contributed by atoms with Gasteiger partial charge in [-0.2, -0.15) is 0 Å². The molecular weight excluding hydrogens is 162 g/mol. The summed E-state index contributed by atoms with van der Waals surface area (Å²) in [5.41, 5.74) is 1.04. The van der Waals surface area contributed by atoms with E-state index in [-0.39, 0.29) is 0 Å². The third-order valence-corrected chi connectivity index (χ3v) is 1.85. The Morgan fingerprint density at radius 1 is 1.45 bits per heavy atom. The summed E-state index contributed by atoms with van der Waals surface area (Å²) in [6.45, 7) is 5.06. The van der Waals surface area contributed by atoms with Crippen molar-refractivity contribution in [2.75, 3.05) is 0 Å². The molecule has 0 aliphatic heterocycles. The van der Waals surface area contributed by atoms with E-state index < -0.39 is 0 Å². The van der Waals surface area contributed by atoms with E-state index in [1.54, 1.807) is 0 Å². The lowest BCUT2D eigenvalue weighted by Gasteiger charge is -2.00. The summed E-state index contributed by atoms with van der Waals surface area (Å²) in [6.07, 6.45) is 1.96. The predicted octanol–water partition coefficient (Wildman–Crippen LogP) is 1.90. The van der Waals surface area contributed by atoms with E-state index in [2.05, 4.69) is 24.2 Å². The molecule has 1 heterocycles. The van der Waals surface area contributed by atoms with Crippen molar-refractivity contribution in [3.05, 3.63) is 10.8 Å². The van der Waals surface area contributed by atoms with Crippen LogP contribution in [0, 0.1) is 0 Å². The van der Waals surface area contributed by atoms with Gasteiger partial charge >= 0.3 is 0 Å². The Morgan fingerprint density at radius 3 is 2.73 bits per heavy atom. The van der Waals surface area contributed by atoms with Crippen molar-refractivity contribution in [3.63, 3.8) is 0 Å². The molecule has 0 saturated carbocycles. The van der Waals surface area contributed by atoms with Gasteiger partial charge in [-0.25, -0.2) is 4.68 Å². The van der Waals surface area contributed by atoms with Gasteiger partial charge in [-0.1, -0.05) is 30.7 Å². The van der Waals surface area contributed by atoms with Gasteiger partial charge in [0.15, 0.2) is 5.15 Å². The van der Waals surface area contributed by atoms with Crippen molar-refractivity contribution in [2.45, 2.75) is 33.2 Å². The van der Waals surface area contributed by atoms with Crippen molar-refractivity contribution >= 4 is 11.6 Å². The van der Waals surface area contributed by atoms with Gasteiger partial charge in [0.05, 0.1) is 5.69 Å². The fraction of sp³-hybridized carbons (Fsp3) is 0.714. The fourth-order valence-electron chi connectivity index (χ4n) is 1.03. The maximum absolute atomic E-state index is 5.79. The Balaban J connectivity index is 2.86. The monoisotopic (exact) mass is 173 g/mol. The number of hydrogen-bond acceptors (Lipinski definition) is 2. The summed E-state index contributed by atoms with van der Waals surface area (Å²) in [4.78, 5) is 0. The standard InChI is InChI=1S/C7H12ClN3/c1-3-5-11-6(4-2)7(8)9-10-11/h3-5H2,1-2H3. The molecule has 0 saturated heterocycles. The van der Waals surface area contributed by atoms with E-state index in [9.17, 15) is 0 Å². The van der Waals surface area contributed by atoms with Crippen LogP contribution in [0.5, 0.6) is 0 Å². The molecule has 0 aliphatic rings. The zero-order chi connectivity index (χ0) is 8.27. The molecule has 0 aliphatic carbocycles.